The molecule has 0 bridgehead atoms. The highest BCUT2D eigenvalue weighted by molar-refractivity contribution is 7.91. The Balaban J connectivity index is 2.02. The molecular formula is C17H23ClN2O4S. The van der Waals surface area contributed by atoms with E-state index in [2.05, 4.69) is 0 Å². The van der Waals surface area contributed by atoms with Gasteiger partial charge < -0.3 is 9.80 Å². The molecule has 1 saturated heterocycles. The minimum absolute atomic E-state index is 0.0280. The summed E-state index contributed by atoms with van der Waals surface area (Å²) in [6, 6.07) is 6.58. The van der Waals surface area contributed by atoms with Gasteiger partial charge >= 0.3 is 0 Å². The summed E-state index contributed by atoms with van der Waals surface area (Å²) >= 11 is 5.87. The summed E-state index contributed by atoms with van der Waals surface area (Å²) in [6.07, 6.45) is 0.627. The molecule has 1 heterocycles. The zero-order valence-corrected chi connectivity index (χ0v) is 16.0. The Morgan fingerprint density at radius 3 is 2.36 bits per heavy atom. The van der Waals surface area contributed by atoms with E-state index in [0.29, 0.717) is 23.7 Å². The molecule has 0 saturated carbocycles. The average molecular weight is 387 g/mol. The molecule has 0 spiro atoms. The molecule has 0 aromatic heterocycles. The Morgan fingerprint density at radius 1 is 1.24 bits per heavy atom. The molecule has 1 aliphatic rings. The average Bonchev–Trinajstić information content (AvgIpc) is 2.89. The highest BCUT2D eigenvalue weighted by Crippen LogP contribution is 2.21. The number of amides is 2. The lowest BCUT2D eigenvalue weighted by Crippen LogP contribution is -2.42. The molecule has 0 N–H and O–H groups in total. The van der Waals surface area contributed by atoms with Crippen LogP contribution < -0.4 is 4.90 Å². The van der Waals surface area contributed by atoms with Crippen LogP contribution in [0.3, 0.4) is 0 Å². The predicted octanol–water partition coefficient (Wildman–Crippen LogP) is 2.12. The van der Waals surface area contributed by atoms with Gasteiger partial charge in [0.2, 0.25) is 11.8 Å². The number of rotatable bonds is 6. The highest BCUT2D eigenvalue weighted by atomic mass is 35.5. The highest BCUT2D eigenvalue weighted by Gasteiger charge is 2.33. The Bertz CT molecular complexity index is 734. The number of halogens is 1. The predicted molar refractivity (Wildman–Crippen MR) is 98.5 cm³/mol. The number of hydrogen-bond acceptors (Lipinski definition) is 4. The first-order valence-electron chi connectivity index (χ1n) is 8.27. The normalized spacial score (nSPS) is 18.8. The van der Waals surface area contributed by atoms with Crippen LogP contribution in [0, 0.1) is 0 Å². The summed E-state index contributed by atoms with van der Waals surface area (Å²) in [7, 11) is -3.05. The second-order valence-electron chi connectivity index (χ2n) is 6.13. The fraction of sp³-hybridized carbons (Fsp3) is 0.529. The van der Waals surface area contributed by atoms with Crippen LogP contribution in [0.15, 0.2) is 24.3 Å². The van der Waals surface area contributed by atoms with Crippen LogP contribution >= 0.6 is 11.6 Å². The number of nitrogens with zero attached hydrogens (tertiary/aromatic N) is 2. The van der Waals surface area contributed by atoms with Crippen LogP contribution in [0.4, 0.5) is 5.69 Å². The van der Waals surface area contributed by atoms with Crippen molar-refractivity contribution in [1.82, 2.24) is 4.90 Å². The summed E-state index contributed by atoms with van der Waals surface area (Å²) in [4.78, 5) is 27.6. The number of anilines is 1. The zero-order chi connectivity index (χ0) is 18.6. The second-order valence-corrected chi connectivity index (χ2v) is 8.80. The van der Waals surface area contributed by atoms with E-state index in [9.17, 15) is 18.0 Å². The molecule has 1 unspecified atom stereocenters. The first-order chi connectivity index (χ1) is 11.7. The maximum Gasteiger partial charge on any atom is 0.224 e. The molecule has 2 rings (SSSR count). The Labute approximate surface area is 153 Å². The Hall–Kier alpha value is -1.60. The van der Waals surface area contributed by atoms with Crippen LogP contribution in [0.1, 0.15) is 26.7 Å². The van der Waals surface area contributed by atoms with Gasteiger partial charge in [0, 0.05) is 43.2 Å². The smallest absolute Gasteiger partial charge is 0.224 e. The monoisotopic (exact) mass is 386 g/mol. The SMILES string of the molecule is CCN(C(=O)CCN(C(C)=O)c1ccc(Cl)cc1)C1CCS(=O)(=O)C1. The molecule has 0 aliphatic carbocycles. The molecule has 1 atom stereocenters. The van der Waals surface area contributed by atoms with E-state index in [1.165, 1.54) is 11.8 Å². The molecule has 1 aliphatic heterocycles. The third-order valence-corrected chi connectivity index (χ3v) is 6.38. The van der Waals surface area contributed by atoms with Gasteiger partial charge in [-0.15, -0.1) is 0 Å². The van der Waals surface area contributed by atoms with Gasteiger partial charge in [-0.1, -0.05) is 11.6 Å². The Kier molecular flexibility index (Phi) is 6.46. The molecule has 1 aromatic rings. The molecule has 1 aromatic carbocycles. The van der Waals surface area contributed by atoms with Crippen LogP contribution in [0.25, 0.3) is 0 Å². The van der Waals surface area contributed by atoms with Gasteiger partial charge in [0.1, 0.15) is 0 Å². The van der Waals surface area contributed by atoms with E-state index >= 15 is 0 Å². The minimum atomic E-state index is -3.05. The molecule has 2 amide bonds. The third kappa shape index (κ3) is 5.19. The van der Waals surface area contributed by atoms with Gasteiger partial charge in [0.25, 0.3) is 0 Å². The molecule has 138 valence electrons. The van der Waals surface area contributed by atoms with E-state index in [1.54, 1.807) is 29.2 Å². The Morgan fingerprint density at radius 2 is 1.88 bits per heavy atom. The summed E-state index contributed by atoms with van der Waals surface area (Å²) in [6.45, 7) is 3.98. The number of carbonyl (C=O) groups excluding carboxylic acids is 2. The van der Waals surface area contributed by atoms with Crippen LogP contribution in [-0.4, -0.2) is 55.8 Å². The van der Waals surface area contributed by atoms with Crippen molar-refractivity contribution in [1.29, 1.82) is 0 Å². The zero-order valence-electron chi connectivity index (χ0n) is 14.4. The maximum absolute atomic E-state index is 12.6. The fourth-order valence-corrected chi connectivity index (χ4v) is 4.96. The largest absolute Gasteiger partial charge is 0.339 e. The van der Waals surface area contributed by atoms with E-state index in [-0.39, 0.29) is 42.3 Å². The molecular weight excluding hydrogens is 364 g/mol. The summed E-state index contributed by atoms with van der Waals surface area (Å²) in [5, 5.41) is 0.572. The van der Waals surface area contributed by atoms with Gasteiger partial charge in [0.15, 0.2) is 9.84 Å². The molecule has 6 nitrogen and oxygen atoms in total. The van der Waals surface area contributed by atoms with E-state index < -0.39 is 9.84 Å². The standard InChI is InChI=1S/C17H23ClN2O4S/c1-3-19(16-9-11-25(23,24)12-16)17(22)8-10-20(13(2)21)15-6-4-14(18)5-7-15/h4-7,16H,3,8-12H2,1-2H3. The quantitative estimate of drug-likeness (QED) is 0.750. The van der Waals surface area contributed by atoms with Crippen molar-refractivity contribution in [3.05, 3.63) is 29.3 Å². The molecule has 8 heteroatoms. The van der Waals surface area contributed by atoms with Crippen molar-refractivity contribution >= 4 is 38.9 Å². The van der Waals surface area contributed by atoms with Crippen LogP contribution in [0.5, 0.6) is 0 Å². The molecule has 25 heavy (non-hydrogen) atoms. The maximum atomic E-state index is 12.6. The van der Waals surface area contributed by atoms with E-state index in [0.717, 1.165) is 0 Å². The van der Waals surface area contributed by atoms with Gasteiger partial charge in [-0.05, 0) is 37.6 Å². The lowest BCUT2D eigenvalue weighted by atomic mass is 10.2. The van der Waals surface area contributed by atoms with Gasteiger partial charge in [-0.3, -0.25) is 9.59 Å². The molecule has 1 fully saturated rings. The van der Waals surface area contributed by atoms with Crippen molar-refractivity contribution in [3.8, 4) is 0 Å². The van der Waals surface area contributed by atoms with Crippen molar-refractivity contribution < 1.29 is 18.0 Å². The van der Waals surface area contributed by atoms with Crippen molar-refractivity contribution in [2.45, 2.75) is 32.7 Å². The number of carbonyl (C=O) groups is 2. The first-order valence-corrected chi connectivity index (χ1v) is 10.5. The van der Waals surface area contributed by atoms with Gasteiger partial charge in [-0.2, -0.15) is 0 Å². The minimum Gasteiger partial charge on any atom is -0.339 e. The van der Waals surface area contributed by atoms with Gasteiger partial charge in [0.05, 0.1) is 11.5 Å². The van der Waals surface area contributed by atoms with Gasteiger partial charge in [-0.25, -0.2) is 8.42 Å². The summed E-state index contributed by atoms with van der Waals surface area (Å²) in [5.74, 6) is -0.141. The van der Waals surface area contributed by atoms with E-state index in [4.69, 9.17) is 11.6 Å². The number of benzene rings is 1. The third-order valence-electron chi connectivity index (χ3n) is 4.38. The van der Waals surface area contributed by atoms with Crippen LogP contribution in [-0.2, 0) is 19.4 Å². The summed E-state index contributed by atoms with van der Waals surface area (Å²) in [5.41, 5.74) is 0.677. The lowest BCUT2D eigenvalue weighted by Gasteiger charge is -2.28. The van der Waals surface area contributed by atoms with Crippen molar-refractivity contribution in [2.75, 3.05) is 29.5 Å². The van der Waals surface area contributed by atoms with Crippen LogP contribution in [0.2, 0.25) is 5.02 Å². The second kappa shape index (κ2) is 8.19. The molecule has 0 radical (unpaired) electrons. The lowest BCUT2D eigenvalue weighted by molar-refractivity contribution is -0.132. The fourth-order valence-electron chi connectivity index (χ4n) is 3.10. The topological polar surface area (TPSA) is 74.8 Å². The summed E-state index contributed by atoms with van der Waals surface area (Å²) < 4.78 is 23.3. The van der Waals surface area contributed by atoms with Crippen molar-refractivity contribution in [3.63, 3.8) is 0 Å². The number of sulfone groups is 1. The van der Waals surface area contributed by atoms with E-state index in [1.807, 2.05) is 6.92 Å². The van der Waals surface area contributed by atoms with Crippen molar-refractivity contribution in [2.24, 2.45) is 0 Å². The first kappa shape index (κ1) is 19.7. The number of hydrogen-bond donors (Lipinski definition) is 0.